The summed E-state index contributed by atoms with van der Waals surface area (Å²) in [5.74, 6) is 1.08. The summed E-state index contributed by atoms with van der Waals surface area (Å²) in [6.07, 6.45) is 1.69. The third-order valence-corrected chi connectivity index (χ3v) is 6.65. The van der Waals surface area contributed by atoms with Crippen LogP contribution >= 0.6 is 15.9 Å². The van der Waals surface area contributed by atoms with Crippen molar-refractivity contribution in [3.63, 3.8) is 0 Å². The zero-order valence-corrected chi connectivity index (χ0v) is 20.6. The number of benzene rings is 3. The summed E-state index contributed by atoms with van der Waals surface area (Å²) in [6, 6.07) is 22.1. The largest absolute Gasteiger partial charge is 0.497 e. The molecule has 1 fully saturated rings. The average molecular weight is 523 g/mol. The maximum absolute atomic E-state index is 13.2. The summed E-state index contributed by atoms with van der Waals surface area (Å²) in [4.78, 5) is 27.8. The van der Waals surface area contributed by atoms with Crippen molar-refractivity contribution in [2.24, 2.45) is 0 Å². The lowest BCUT2D eigenvalue weighted by Gasteiger charge is -2.24. The molecule has 2 amide bonds. The number of nitrogens with one attached hydrogen (secondary N) is 1. The van der Waals surface area contributed by atoms with E-state index in [9.17, 15) is 9.59 Å². The zero-order valence-electron chi connectivity index (χ0n) is 19.0. The standard InChI is InChI=1S/C27H27BrN2O4/c1-33-21-14-12-19(13-15-21)17-26(31)30-16-6-10-24(30)27(32)29-23-9-4-5-11-25(23)34-18-20-7-2-3-8-22(20)28/h2-5,7-9,11-15,24H,6,10,16-18H2,1H3,(H,29,32)/t24-/m1/s1. The van der Waals surface area contributed by atoms with E-state index in [1.807, 2.05) is 72.8 Å². The van der Waals surface area contributed by atoms with Crippen LogP contribution in [0.15, 0.2) is 77.3 Å². The first-order valence-corrected chi connectivity index (χ1v) is 12.0. The van der Waals surface area contributed by atoms with Crippen LogP contribution in [0.3, 0.4) is 0 Å². The van der Waals surface area contributed by atoms with Crippen molar-refractivity contribution in [1.29, 1.82) is 0 Å². The molecule has 0 saturated carbocycles. The van der Waals surface area contributed by atoms with Gasteiger partial charge in [0.25, 0.3) is 0 Å². The Labute approximate surface area is 208 Å². The number of hydrogen-bond acceptors (Lipinski definition) is 4. The van der Waals surface area contributed by atoms with Crippen LogP contribution in [0.2, 0.25) is 0 Å². The molecule has 34 heavy (non-hydrogen) atoms. The van der Waals surface area contributed by atoms with Crippen LogP contribution in [0.5, 0.6) is 11.5 Å². The summed E-state index contributed by atoms with van der Waals surface area (Å²) in [7, 11) is 1.61. The Hall–Kier alpha value is -3.32. The molecule has 0 radical (unpaired) electrons. The van der Waals surface area contributed by atoms with Crippen LogP contribution in [-0.4, -0.2) is 36.4 Å². The number of anilines is 1. The topological polar surface area (TPSA) is 67.9 Å². The SMILES string of the molecule is COc1ccc(CC(=O)N2CCC[C@@H]2C(=O)Nc2ccccc2OCc2ccccc2Br)cc1. The molecule has 7 heteroatoms. The van der Waals surface area contributed by atoms with Gasteiger partial charge in [-0.2, -0.15) is 0 Å². The van der Waals surface area contributed by atoms with Crippen LogP contribution in [0.4, 0.5) is 5.69 Å². The molecule has 0 unspecified atom stereocenters. The van der Waals surface area contributed by atoms with Gasteiger partial charge in [-0.25, -0.2) is 0 Å². The van der Waals surface area contributed by atoms with Crippen LogP contribution in [-0.2, 0) is 22.6 Å². The molecule has 176 valence electrons. The molecule has 1 aliphatic heterocycles. The van der Waals surface area contributed by atoms with Gasteiger partial charge in [-0.05, 0) is 48.7 Å². The highest BCUT2D eigenvalue weighted by Gasteiger charge is 2.34. The van der Waals surface area contributed by atoms with Crippen molar-refractivity contribution in [2.45, 2.75) is 31.9 Å². The minimum atomic E-state index is -0.498. The van der Waals surface area contributed by atoms with Crippen LogP contribution < -0.4 is 14.8 Å². The molecule has 1 heterocycles. The van der Waals surface area contributed by atoms with Gasteiger partial charge in [0, 0.05) is 16.6 Å². The zero-order chi connectivity index (χ0) is 23.9. The van der Waals surface area contributed by atoms with Gasteiger partial charge in [-0.1, -0.05) is 58.4 Å². The molecule has 3 aromatic carbocycles. The van der Waals surface area contributed by atoms with Gasteiger partial charge >= 0.3 is 0 Å². The molecular weight excluding hydrogens is 496 g/mol. The molecule has 0 aliphatic carbocycles. The Kier molecular flexibility index (Phi) is 7.85. The van der Waals surface area contributed by atoms with E-state index in [0.717, 1.165) is 27.8 Å². The number of ether oxygens (including phenoxy) is 2. The van der Waals surface area contributed by atoms with Crippen molar-refractivity contribution in [1.82, 2.24) is 4.90 Å². The number of carbonyl (C=O) groups is 2. The Morgan fingerprint density at radius 1 is 1.03 bits per heavy atom. The van der Waals surface area contributed by atoms with Crippen molar-refractivity contribution in [3.05, 3.63) is 88.4 Å². The van der Waals surface area contributed by atoms with Gasteiger partial charge in [0.1, 0.15) is 24.1 Å². The second-order valence-electron chi connectivity index (χ2n) is 8.14. The van der Waals surface area contributed by atoms with E-state index in [2.05, 4.69) is 21.2 Å². The first kappa shape index (κ1) is 23.8. The lowest BCUT2D eigenvalue weighted by molar-refractivity contribution is -0.136. The lowest BCUT2D eigenvalue weighted by atomic mass is 10.1. The Morgan fingerprint density at radius 3 is 2.53 bits per heavy atom. The van der Waals surface area contributed by atoms with Crippen LogP contribution in [0, 0.1) is 0 Å². The Bertz CT molecular complexity index is 1150. The fourth-order valence-corrected chi connectivity index (χ4v) is 4.44. The summed E-state index contributed by atoms with van der Waals surface area (Å²) in [6.45, 7) is 0.942. The van der Waals surface area contributed by atoms with E-state index in [0.29, 0.717) is 31.0 Å². The predicted octanol–water partition coefficient (Wildman–Crippen LogP) is 5.21. The number of para-hydroxylation sites is 2. The lowest BCUT2D eigenvalue weighted by Crippen LogP contribution is -2.43. The Balaban J connectivity index is 1.40. The fraction of sp³-hybridized carbons (Fsp3) is 0.259. The summed E-state index contributed by atoms with van der Waals surface area (Å²) in [5.41, 5.74) is 2.49. The van der Waals surface area contributed by atoms with E-state index < -0.39 is 6.04 Å². The molecule has 4 rings (SSSR count). The minimum absolute atomic E-state index is 0.0544. The number of amides is 2. The third kappa shape index (κ3) is 5.78. The van der Waals surface area contributed by atoms with E-state index >= 15 is 0 Å². The van der Waals surface area contributed by atoms with Gasteiger partial charge in [-0.3, -0.25) is 9.59 Å². The molecule has 3 aromatic rings. The van der Waals surface area contributed by atoms with Gasteiger partial charge in [0.15, 0.2) is 0 Å². The first-order valence-electron chi connectivity index (χ1n) is 11.2. The number of likely N-dealkylation sites (tertiary alicyclic amines) is 1. The quantitative estimate of drug-likeness (QED) is 0.441. The molecule has 1 saturated heterocycles. The van der Waals surface area contributed by atoms with Gasteiger partial charge < -0.3 is 19.7 Å². The van der Waals surface area contributed by atoms with E-state index in [4.69, 9.17) is 9.47 Å². The molecule has 1 aliphatic rings. The minimum Gasteiger partial charge on any atom is -0.497 e. The number of halogens is 1. The number of nitrogens with zero attached hydrogens (tertiary/aromatic N) is 1. The first-order chi connectivity index (χ1) is 16.5. The molecular formula is C27H27BrN2O4. The summed E-state index contributed by atoms with van der Waals surface area (Å²) in [5, 5.41) is 2.98. The van der Waals surface area contributed by atoms with Crippen molar-refractivity contribution in [3.8, 4) is 11.5 Å². The average Bonchev–Trinajstić information content (AvgIpc) is 3.35. The van der Waals surface area contributed by atoms with Crippen molar-refractivity contribution >= 4 is 33.4 Å². The second kappa shape index (κ2) is 11.2. The predicted molar refractivity (Wildman–Crippen MR) is 135 cm³/mol. The third-order valence-electron chi connectivity index (χ3n) is 5.88. The molecule has 0 bridgehead atoms. The molecule has 0 spiro atoms. The maximum atomic E-state index is 13.2. The molecule has 1 atom stereocenters. The van der Waals surface area contributed by atoms with Gasteiger partial charge in [0.2, 0.25) is 11.8 Å². The molecule has 1 N–H and O–H groups in total. The highest BCUT2D eigenvalue weighted by Crippen LogP contribution is 2.28. The monoisotopic (exact) mass is 522 g/mol. The maximum Gasteiger partial charge on any atom is 0.247 e. The fourth-order valence-electron chi connectivity index (χ4n) is 4.04. The summed E-state index contributed by atoms with van der Waals surface area (Å²) >= 11 is 3.53. The molecule has 0 aromatic heterocycles. The van der Waals surface area contributed by atoms with E-state index in [-0.39, 0.29) is 18.2 Å². The van der Waals surface area contributed by atoms with Gasteiger partial charge in [-0.15, -0.1) is 0 Å². The number of carbonyl (C=O) groups excluding carboxylic acids is 2. The second-order valence-corrected chi connectivity index (χ2v) is 8.99. The van der Waals surface area contributed by atoms with Gasteiger partial charge in [0.05, 0.1) is 19.2 Å². The normalized spacial score (nSPS) is 15.1. The van der Waals surface area contributed by atoms with Crippen LogP contribution in [0.25, 0.3) is 0 Å². The van der Waals surface area contributed by atoms with Crippen LogP contribution in [0.1, 0.15) is 24.0 Å². The van der Waals surface area contributed by atoms with Crippen molar-refractivity contribution < 1.29 is 19.1 Å². The van der Waals surface area contributed by atoms with E-state index in [1.165, 1.54) is 0 Å². The number of methoxy groups -OCH3 is 1. The van der Waals surface area contributed by atoms with Crippen molar-refractivity contribution in [2.75, 3.05) is 19.0 Å². The highest BCUT2D eigenvalue weighted by molar-refractivity contribution is 9.10. The molecule has 6 nitrogen and oxygen atoms in total. The number of rotatable bonds is 8. The van der Waals surface area contributed by atoms with E-state index in [1.54, 1.807) is 12.0 Å². The smallest absolute Gasteiger partial charge is 0.247 e. The summed E-state index contributed by atoms with van der Waals surface area (Å²) < 4.78 is 12.1. The highest BCUT2D eigenvalue weighted by atomic mass is 79.9. The number of hydrogen-bond donors (Lipinski definition) is 1. The Morgan fingerprint density at radius 2 is 1.76 bits per heavy atom.